The van der Waals surface area contributed by atoms with Crippen molar-refractivity contribution in [1.82, 2.24) is 5.32 Å². The van der Waals surface area contributed by atoms with E-state index in [1.807, 2.05) is 12.3 Å². The largest absolute Gasteiger partial charge is 0.472 e. The van der Waals surface area contributed by atoms with Gasteiger partial charge in [-0.15, -0.1) is 0 Å². The highest BCUT2D eigenvalue weighted by atomic mass is 16.3. The van der Waals surface area contributed by atoms with E-state index in [0.29, 0.717) is 6.04 Å². The molecule has 1 unspecified atom stereocenters. The van der Waals surface area contributed by atoms with Crippen LogP contribution in [0.25, 0.3) is 0 Å². The second kappa shape index (κ2) is 6.43. The average Bonchev–Trinajstić information content (AvgIpc) is 2.91. The summed E-state index contributed by atoms with van der Waals surface area (Å²) in [5, 5.41) is 3.54. The normalized spacial score (nSPS) is 12.4. The molecule has 2 rings (SSSR count). The molecular formula is C16H22N2O. The van der Waals surface area contributed by atoms with Crippen LogP contribution in [0.3, 0.4) is 0 Å². The lowest BCUT2D eigenvalue weighted by molar-refractivity contribution is 0.535. The molecule has 3 nitrogen and oxygen atoms in total. The van der Waals surface area contributed by atoms with Gasteiger partial charge in [0, 0.05) is 25.8 Å². The second-order valence-electron chi connectivity index (χ2n) is 4.94. The van der Waals surface area contributed by atoms with Gasteiger partial charge in [0.05, 0.1) is 12.5 Å². The van der Waals surface area contributed by atoms with Gasteiger partial charge in [-0.1, -0.05) is 19.1 Å². The minimum atomic E-state index is 0.322. The number of nitrogens with zero attached hydrogens (tertiary/aromatic N) is 1. The summed E-state index contributed by atoms with van der Waals surface area (Å²) in [6.45, 7) is 3.09. The first-order valence-electron chi connectivity index (χ1n) is 6.72. The number of likely N-dealkylation sites (N-methyl/N-ethyl adjacent to an activating group) is 1. The Balaban J connectivity index is 2.20. The van der Waals surface area contributed by atoms with Gasteiger partial charge in [-0.3, -0.25) is 0 Å². The smallest absolute Gasteiger partial charge is 0.0935 e. The molecular weight excluding hydrogens is 236 g/mol. The van der Waals surface area contributed by atoms with E-state index < -0.39 is 0 Å². The van der Waals surface area contributed by atoms with E-state index in [9.17, 15) is 0 Å². The fourth-order valence-electron chi connectivity index (χ4n) is 2.22. The van der Waals surface area contributed by atoms with Crippen LogP contribution in [0.15, 0.2) is 47.3 Å². The van der Waals surface area contributed by atoms with Gasteiger partial charge in [-0.05, 0) is 42.3 Å². The molecule has 102 valence electrons. The maximum atomic E-state index is 5.16. The summed E-state index contributed by atoms with van der Waals surface area (Å²) in [6, 6.07) is 11.0. The first-order valence-corrected chi connectivity index (χ1v) is 6.72. The number of benzene rings is 1. The molecule has 0 spiro atoms. The predicted molar refractivity (Wildman–Crippen MR) is 79.6 cm³/mol. The fourth-order valence-corrected chi connectivity index (χ4v) is 2.22. The third kappa shape index (κ3) is 3.61. The Kier molecular flexibility index (Phi) is 4.63. The van der Waals surface area contributed by atoms with Gasteiger partial charge < -0.3 is 14.6 Å². The Morgan fingerprint density at radius 2 is 2.11 bits per heavy atom. The minimum absolute atomic E-state index is 0.322. The van der Waals surface area contributed by atoms with Crippen LogP contribution in [-0.4, -0.2) is 20.6 Å². The second-order valence-corrected chi connectivity index (χ2v) is 4.94. The van der Waals surface area contributed by atoms with Crippen LogP contribution in [0.5, 0.6) is 0 Å². The van der Waals surface area contributed by atoms with Crippen molar-refractivity contribution in [2.24, 2.45) is 0 Å². The summed E-state index contributed by atoms with van der Waals surface area (Å²) in [5.74, 6) is 0. The maximum absolute atomic E-state index is 5.16. The number of hydrogen-bond donors (Lipinski definition) is 1. The highest BCUT2D eigenvalue weighted by Crippen LogP contribution is 2.22. The molecule has 0 radical (unpaired) electrons. The molecule has 2 aromatic rings. The van der Waals surface area contributed by atoms with Gasteiger partial charge in [0.1, 0.15) is 0 Å². The first kappa shape index (κ1) is 13.7. The number of nitrogens with one attached hydrogen (secondary N) is 1. The lowest BCUT2D eigenvalue weighted by atomic mass is 10.00. The zero-order valence-corrected chi connectivity index (χ0v) is 11.9. The van der Waals surface area contributed by atoms with Crippen LogP contribution in [0, 0.1) is 0 Å². The van der Waals surface area contributed by atoms with E-state index in [1.54, 1.807) is 6.26 Å². The Morgan fingerprint density at radius 3 is 2.74 bits per heavy atom. The van der Waals surface area contributed by atoms with Crippen molar-refractivity contribution < 1.29 is 4.42 Å². The quantitative estimate of drug-likeness (QED) is 0.862. The van der Waals surface area contributed by atoms with Crippen LogP contribution < -0.4 is 10.2 Å². The van der Waals surface area contributed by atoms with E-state index in [1.165, 1.54) is 16.8 Å². The van der Waals surface area contributed by atoms with Crippen LogP contribution in [0.2, 0.25) is 0 Å². The summed E-state index contributed by atoms with van der Waals surface area (Å²) < 4.78 is 5.16. The van der Waals surface area contributed by atoms with E-state index in [2.05, 4.69) is 55.5 Å². The number of hydrogen-bond acceptors (Lipinski definition) is 3. The highest BCUT2D eigenvalue weighted by molar-refractivity contribution is 5.48. The lowest BCUT2D eigenvalue weighted by Crippen LogP contribution is -2.23. The van der Waals surface area contributed by atoms with Crippen molar-refractivity contribution >= 4 is 5.69 Å². The third-order valence-electron chi connectivity index (χ3n) is 3.26. The molecule has 0 saturated carbocycles. The number of rotatable bonds is 6. The maximum Gasteiger partial charge on any atom is 0.0935 e. The molecule has 0 aliphatic rings. The zero-order valence-electron chi connectivity index (χ0n) is 11.9. The van der Waals surface area contributed by atoms with Crippen molar-refractivity contribution in [3.05, 3.63) is 54.0 Å². The molecule has 1 N–H and O–H groups in total. The highest BCUT2D eigenvalue weighted by Gasteiger charge is 2.12. The monoisotopic (exact) mass is 258 g/mol. The van der Waals surface area contributed by atoms with E-state index in [4.69, 9.17) is 4.42 Å². The van der Waals surface area contributed by atoms with Crippen LogP contribution in [0.4, 0.5) is 5.69 Å². The molecule has 0 saturated heterocycles. The molecule has 0 amide bonds. The van der Waals surface area contributed by atoms with Gasteiger partial charge in [0.15, 0.2) is 0 Å². The van der Waals surface area contributed by atoms with Gasteiger partial charge in [-0.25, -0.2) is 0 Å². The summed E-state index contributed by atoms with van der Waals surface area (Å²) in [6.07, 6.45) is 4.50. The topological polar surface area (TPSA) is 28.4 Å². The van der Waals surface area contributed by atoms with Crippen LogP contribution in [-0.2, 0) is 6.42 Å². The van der Waals surface area contributed by atoms with Crippen molar-refractivity contribution in [2.45, 2.75) is 19.4 Å². The van der Waals surface area contributed by atoms with Gasteiger partial charge in [0.25, 0.3) is 0 Å². The van der Waals surface area contributed by atoms with E-state index in [-0.39, 0.29) is 0 Å². The standard InChI is InChI=1S/C16H22N2O/c1-4-17-16(10-13-8-9-19-12-13)14-6-5-7-15(11-14)18(2)3/h5-9,11-12,16-17H,4,10H2,1-3H3. The van der Waals surface area contributed by atoms with Crippen molar-refractivity contribution in [3.63, 3.8) is 0 Å². The molecule has 1 aromatic carbocycles. The molecule has 1 aromatic heterocycles. The van der Waals surface area contributed by atoms with E-state index in [0.717, 1.165) is 13.0 Å². The Labute approximate surface area is 115 Å². The van der Waals surface area contributed by atoms with Gasteiger partial charge in [0.2, 0.25) is 0 Å². The summed E-state index contributed by atoms with van der Waals surface area (Å²) in [4.78, 5) is 2.13. The molecule has 0 aliphatic heterocycles. The van der Waals surface area contributed by atoms with Gasteiger partial charge in [-0.2, -0.15) is 0 Å². The molecule has 3 heteroatoms. The zero-order chi connectivity index (χ0) is 13.7. The predicted octanol–water partition coefficient (Wildman–Crippen LogP) is 3.24. The molecule has 1 atom stereocenters. The van der Waals surface area contributed by atoms with Gasteiger partial charge >= 0.3 is 0 Å². The lowest BCUT2D eigenvalue weighted by Gasteiger charge is -2.20. The molecule has 0 aliphatic carbocycles. The van der Waals surface area contributed by atoms with Crippen molar-refractivity contribution in [1.29, 1.82) is 0 Å². The van der Waals surface area contributed by atoms with Crippen LogP contribution in [0.1, 0.15) is 24.1 Å². The summed E-state index contributed by atoms with van der Waals surface area (Å²) in [5.41, 5.74) is 3.77. The molecule has 0 fully saturated rings. The summed E-state index contributed by atoms with van der Waals surface area (Å²) >= 11 is 0. The Hall–Kier alpha value is -1.74. The summed E-state index contributed by atoms with van der Waals surface area (Å²) in [7, 11) is 4.13. The SMILES string of the molecule is CCNC(Cc1ccoc1)c1cccc(N(C)C)c1. The molecule has 19 heavy (non-hydrogen) atoms. The van der Waals surface area contributed by atoms with Crippen LogP contribution >= 0.6 is 0 Å². The van der Waals surface area contributed by atoms with E-state index >= 15 is 0 Å². The van der Waals surface area contributed by atoms with Crippen molar-refractivity contribution in [3.8, 4) is 0 Å². The molecule has 1 heterocycles. The Morgan fingerprint density at radius 1 is 1.26 bits per heavy atom. The molecule has 0 bridgehead atoms. The fraction of sp³-hybridized carbons (Fsp3) is 0.375. The minimum Gasteiger partial charge on any atom is -0.472 e. The first-order chi connectivity index (χ1) is 9.20. The number of furan rings is 1. The Bertz CT molecular complexity index is 491. The average molecular weight is 258 g/mol. The third-order valence-corrected chi connectivity index (χ3v) is 3.26. The number of anilines is 1. The van der Waals surface area contributed by atoms with Crippen molar-refractivity contribution in [2.75, 3.05) is 25.5 Å².